The summed E-state index contributed by atoms with van der Waals surface area (Å²) in [5.41, 5.74) is 6.02. The second-order valence-electron chi connectivity index (χ2n) is 4.20. The van der Waals surface area contributed by atoms with Gasteiger partial charge in [-0.1, -0.05) is 12.1 Å². The summed E-state index contributed by atoms with van der Waals surface area (Å²) in [6, 6.07) is 7.13. The second kappa shape index (κ2) is 3.81. The molecule has 1 aliphatic carbocycles. The van der Waals surface area contributed by atoms with E-state index in [0.717, 1.165) is 18.6 Å². The van der Waals surface area contributed by atoms with Crippen LogP contribution in [-0.2, 0) is 0 Å². The molecule has 3 heteroatoms. The molecule has 2 nitrogen and oxygen atoms in total. The highest BCUT2D eigenvalue weighted by Gasteiger charge is 2.49. The van der Waals surface area contributed by atoms with Gasteiger partial charge in [0.1, 0.15) is 11.9 Å². The molecular formula is C12H16FNO. The van der Waals surface area contributed by atoms with E-state index >= 15 is 0 Å². The summed E-state index contributed by atoms with van der Waals surface area (Å²) in [6.07, 6.45) is 0.862. The largest absolute Gasteiger partial charge is 0.497 e. The monoisotopic (exact) mass is 209 g/mol. The van der Waals surface area contributed by atoms with Crippen LogP contribution < -0.4 is 10.5 Å². The lowest BCUT2D eigenvalue weighted by atomic mass is 9.94. The Hall–Kier alpha value is -1.09. The maximum absolute atomic E-state index is 14.1. The Bertz CT molecular complexity index is 332. The van der Waals surface area contributed by atoms with Gasteiger partial charge < -0.3 is 10.5 Å². The minimum absolute atomic E-state index is 0.283. The van der Waals surface area contributed by atoms with E-state index in [4.69, 9.17) is 10.5 Å². The number of hydrogen-bond acceptors (Lipinski definition) is 2. The number of methoxy groups -OCH3 is 1. The number of nitrogens with two attached hydrogens (primary N) is 1. The van der Waals surface area contributed by atoms with Crippen molar-refractivity contribution in [3.05, 3.63) is 29.8 Å². The Kier molecular flexibility index (Phi) is 2.65. The maximum Gasteiger partial charge on any atom is 0.132 e. The molecule has 1 aromatic carbocycles. The molecule has 1 fully saturated rings. The van der Waals surface area contributed by atoms with Crippen LogP contribution in [0.3, 0.4) is 0 Å². The molecule has 0 spiro atoms. The van der Waals surface area contributed by atoms with Crippen molar-refractivity contribution in [2.45, 2.75) is 19.0 Å². The predicted molar refractivity (Wildman–Crippen MR) is 57.6 cm³/mol. The lowest BCUT2D eigenvalue weighted by Gasteiger charge is -2.18. The average molecular weight is 209 g/mol. The summed E-state index contributed by atoms with van der Waals surface area (Å²) in [7, 11) is 1.60. The molecule has 0 saturated heterocycles. The van der Waals surface area contributed by atoms with Gasteiger partial charge >= 0.3 is 0 Å². The van der Waals surface area contributed by atoms with Crippen molar-refractivity contribution >= 4 is 0 Å². The van der Waals surface area contributed by atoms with Gasteiger partial charge in [0.25, 0.3) is 0 Å². The topological polar surface area (TPSA) is 35.2 Å². The van der Waals surface area contributed by atoms with Gasteiger partial charge in [-0.15, -0.1) is 0 Å². The zero-order valence-electron chi connectivity index (χ0n) is 8.87. The summed E-state index contributed by atoms with van der Waals surface area (Å²) in [6.45, 7) is 0.431. The first kappa shape index (κ1) is 10.4. The molecule has 0 bridgehead atoms. The molecule has 0 aromatic heterocycles. The van der Waals surface area contributed by atoms with E-state index in [1.165, 1.54) is 0 Å². The van der Waals surface area contributed by atoms with Gasteiger partial charge in [-0.3, -0.25) is 0 Å². The first-order valence-electron chi connectivity index (χ1n) is 5.20. The Morgan fingerprint density at radius 2 is 2.00 bits per heavy atom. The summed E-state index contributed by atoms with van der Waals surface area (Å²) in [5, 5.41) is 0. The highest BCUT2D eigenvalue weighted by molar-refractivity contribution is 5.30. The number of hydrogen-bond donors (Lipinski definition) is 1. The van der Waals surface area contributed by atoms with E-state index in [1.807, 2.05) is 0 Å². The predicted octanol–water partition coefficient (Wildman–Crippen LogP) is 2.44. The molecule has 1 aliphatic rings. The van der Waals surface area contributed by atoms with Gasteiger partial charge in [-0.25, -0.2) is 4.39 Å². The van der Waals surface area contributed by atoms with E-state index < -0.39 is 6.17 Å². The molecule has 1 saturated carbocycles. The third-order valence-electron chi connectivity index (χ3n) is 3.24. The van der Waals surface area contributed by atoms with Crippen molar-refractivity contribution in [2.75, 3.05) is 13.7 Å². The third-order valence-corrected chi connectivity index (χ3v) is 3.24. The summed E-state index contributed by atoms with van der Waals surface area (Å²) < 4.78 is 19.1. The van der Waals surface area contributed by atoms with Crippen molar-refractivity contribution in [3.63, 3.8) is 0 Å². The highest BCUT2D eigenvalue weighted by Crippen LogP contribution is 2.55. The zero-order chi connectivity index (χ0) is 10.9. The average Bonchev–Trinajstić information content (AvgIpc) is 3.09. The number of alkyl halides is 1. The van der Waals surface area contributed by atoms with Crippen LogP contribution in [0, 0.1) is 5.41 Å². The Labute approximate surface area is 89.2 Å². The zero-order valence-corrected chi connectivity index (χ0v) is 8.87. The minimum Gasteiger partial charge on any atom is -0.497 e. The molecule has 0 amide bonds. The summed E-state index contributed by atoms with van der Waals surface area (Å²) in [4.78, 5) is 0. The van der Waals surface area contributed by atoms with E-state index in [0.29, 0.717) is 12.1 Å². The first-order valence-corrected chi connectivity index (χ1v) is 5.20. The summed E-state index contributed by atoms with van der Waals surface area (Å²) in [5.74, 6) is 0.753. The van der Waals surface area contributed by atoms with E-state index in [-0.39, 0.29) is 5.41 Å². The van der Waals surface area contributed by atoms with Crippen LogP contribution in [0.4, 0.5) is 4.39 Å². The standard InChI is InChI=1S/C12H16FNO/c1-15-10-4-2-9(3-5-10)11(13)12(8-14)6-7-12/h2-5,11H,6-8,14H2,1H3. The fraction of sp³-hybridized carbons (Fsp3) is 0.500. The fourth-order valence-corrected chi connectivity index (χ4v) is 1.85. The van der Waals surface area contributed by atoms with Gasteiger partial charge in [0.2, 0.25) is 0 Å². The SMILES string of the molecule is COc1ccc(C(F)C2(CN)CC2)cc1. The van der Waals surface area contributed by atoms with Gasteiger partial charge in [0.15, 0.2) is 0 Å². The number of benzene rings is 1. The van der Waals surface area contributed by atoms with Crippen LogP contribution in [-0.4, -0.2) is 13.7 Å². The molecule has 0 radical (unpaired) electrons. The van der Waals surface area contributed by atoms with Crippen LogP contribution in [0.2, 0.25) is 0 Å². The van der Waals surface area contributed by atoms with Gasteiger partial charge in [-0.2, -0.15) is 0 Å². The van der Waals surface area contributed by atoms with Gasteiger partial charge in [0.05, 0.1) is 7.11 Å². The molecule has 1 aromatic rings. The molecule has 0 aliphatic heterocycles. The Balaban J connectivity index is 2.15. The quantitative estimate of drug-likeness (QED) is 0.826. The van der Waals surface area contributed by atoms with Crippen LogP contribution in [0.5, 0.6) is 5.75 Å². The van der Waals surface area contributed by atoms with Gasteiger partial charge in [0, 0.05) is 12.0 Å². The Morgan fingerprint density at radius 1 is 1.40 bits per heavy atom. The molecule has 1 unspecified atom stereocenters. The highest BCUT2D eigenvalue weighted by atomic mass is 19.1. The molecule has 2 N–H and O–H groups in total. The molecule has 1 atom stereocenters. The van der Waals surface area contributed by atoms with E-state index in [9.17, 15) is 4.39 Å². The van der Waals surface area contributed by atoms with E-state index in [2.05, 4.69) is 0 Å². The van der Waals surface area contributed by atoms with Crippen LogP contribution in [0.15, 0.2) is 24.3 Å². The maximum atomic E-state index is 14.1. The molecule has 2 rings (SSSR count). The Morgan fingerprint density at radius 3 is 2.40 bits per heavy atom. The second-order valence-corrected chi connectivity index (χ2v) is 4.20. The molecule has 0 heterocycles. The minimum atomic E-state index is -0.937. The molecular weight excluding hydrogens is 193 g/mol. The number of ether oxygens (including phenoxy) is 1. The third kappa shape index (κ3) is 1.84. The summed E-state index contributed by atoms with van der Waals surface area (Å²) >= 11 is 0. The normalized spacial score (nSPS) is 19.7. The molecule has 15 heavy (non-hydrogen) atoms. The van der Waals surface area contributed by atoms with Crippen molar-refractivity contribution < 1.29 is 9.13 Å². The van der Waals surface area contributed by atoms with Crippen molar-refractivity contribution in [1.82, 2.24) is 0 Å². The number of halogens is 1. The number of rotatable bonds is 4. The van der Waals surface area contributed by atoms with Crippen LogP contribution in [0.25, 0.3) is 0 Å². The smallest absolute Gasteiger partial charge is 0.132 e. The van der Waals surface area contributed by atoms with Crippen molar-refractivity contribution in [2.24, 2.45) is 11.1 Å². The lowest BCUT2D eigenvalue weighted by molar-refractivity contribution is 0.217. The van der Waals surface area contributed by atoms with Crippen molar-refractivity contribution in [3.8, 4) is 5.75 Å². The first-order chi connectivity index (χ1) is 7.22. The van der Waals surface area contributed by atoms with Crippen molar-refractivity contribution in [1.29, 1.82) is 0 Å². The van der Waals surface area contributed by atoms with Crippen LogP contribution in [0.1, 0.15) is 24.6 Å². The van der Waals surface area contributed by atoms with E-state index in [1.54, 1.807) is 31.4 Å². The lowest BCUT2D eigenvalue weighted by Crippen LogP contribution is -2.20. The molecule has 82 valence electrons. The van der Waals surface area contributed by atoms with Crippen LogP contribution >= 0.6 is 0 Å². The fourth-order valence-electron chi connectivity index (χ4n) is 1.85. The van der Waals surface area contributed by atoms with Gasteiger partial charge in [-0.05, 0) is 30.5 Å².